The molecular weight excluding hydrogens is 312 g/mol. The molecule has 0 saturated heterocycles. The molecule has 0 radical (unpaired) electrons. The molecule has 5 heteroatoms. The maximum absolute atomic E-state index is 13.1. The van der Waals surface area contributed by atoms with Crippen LogP contribution >= 0.6 is 0 Å². The third-order valence-corrected chi connectivity index (χ3v) is 4.77. The van der Waals surface area contributed by atoms with Gasteiger partial charge in [0.15, 0.2) is 0 Å². The number of aryl methyl sites for hydroxylation is 1. The minimum absolute atomic E-state index is 0.0340. The third kappa shape index (κ3) is 2.71. The summed E-state index contributed by atoms with van der Waals surface area (Å²) in [5.74, 6) is 0.575. The van der Waals surface area contributed by atoms with Crippen LogP contribution in [0.4, 0.5) is 5.95 Å². The van der Waals surface area contributed by atoms with Crippen molar-refractivity contribution in [2.24, 2.45) is 0 Å². The molecule has 1 aliphatic heterocycles. The summed E-state index contributed by atoms with van der Waals surface area (Å²) in [4.78, 5) is 19.2. The van der Waals surface area contributed by atoms with Gasteiger partial charge in [-0.05, 0) is 38.0 Å². The fraction of sp³-hybridized carbons (Fsp3) is 0.250. The van der Waals surface area contributed by atoms with Crippen molar-refractivity contribution in [3.8, 4) is 0 Å². The van der Waals surface area contributed by atoms with Crippen LogP contribution in [0.1, 0.15) is 40.9 Å². The molecule has 0 saturated carbocycles. The van der Waals surface area contributed by atoms with Gasteiger partial charge in [0.25, 0.3) is 5.91 Å². The Morgan fingerprint density at radius 2 is 1.80 bits per heavy atom. The zero-order chi connectivity index (χ0) is 17.4. The quantitative estimate of drug-likeness (QED) is 0.720. The molecule has 0 unspecified atom stereocenters. The number of nitrogens with zero attached hydrogens (tertiary/aromatic N) is 4. The number of carbonyl (C=O) groups is 1. The van der Waals surface area contributed by atoms with Crippen LogP contribution in [-0.2, 0) is 0 Å². The lowest BCUT2D eigenvalue weighted by molar-refractivity contribution is 0.0966. The van der Waals surface area contributed by atoms with Crippen molar-refractivity contribution in [3.05, 3.63) is 77.6 Å². The molecule has 0 N–H and O–H groups in total. The number of rotatable bonds is 2. The predicted octanol–water partition coefficient (Wildman–Crippen LogP) is 3.61. The number of benzene rings is 2. The van der Waals surface area contributed by atoms with Crippen molar-refractivity contribution in [1.29, 1.82) is 0 Å². The van der Waals surface area contributed by atoms with E-state index in [-0.39, 0.29) is 18.0 Å². The Labute approximate surface area is 146 Å². The Balaban J connectivity index is 1.73. The zero-order valence-corrected chi connectivity index (χ0v) is 14.3. The average Bonchev–Trinajstić information content (AvgIpc) is 3.11. The molecule has 1 aromatic heterocycles. The first-order valence-electron chi connectivity index (χ1n) is 8.50. The van der Waals surface area contributed by atoms with Gasteiger partial charge in [0.1, 0.15) is 6.33 Å². The molecule has 2 heterocycles. The molecule has 0 aliphatic carbocycles. The highest BCUT2D eigenvalue weighted by molar-refractivity contribution is 6.05. The van der Waals surface area contributed by atoms with Gasteiger partial charge in [-0.1, -0.05) is 48.0 Å². The van der Waals surface area contributed by atoms with E-state index in [2.05, 4.69) is 29.1 Å². The maximum atomic E-state index is 13.1. The standard InChI is InChI=1S/C20H20N4O/c1-14-8-10-17(11-9-14)19(25)23-15(2)12-18(16-6-4-3-5-7-16)24-20(23)21-13-22-24/h3-11,13,15,18H,12H2,1-2H3/t15-,18-/m0/s1. The second-order valence-corrected chi connectivity index (χ2v) is 6.56. The van der Waals surface area contributed by atoms with E-state index in [0.717, 1.165) is 12.0 Å². The fourth-order valence-corrected chi connectivity index (χ4v) is 3.44. The molecule has 0 bridgehead atoms. The molecule has 2 aromatic carbocycles. The predicted molar refractivity (Wildman–Crippen MR) is 96.7 cm³/mol. The Kier molecular flexibility index (Phi) is 3.84. The lowest BCUT2D eigenvalue weighted by Gasteiger charge is -2.37. The van der Waals surface area contributed by atoms with E-state index in [4.69, 9.17) is 0 Å². The Morgan fingerprint density at radius 3 is 2.52 bits per heavy atom. The van der Waals surface area contributed by atoms with E-state index < -0.39 is 0 Å². The van der Waals surface area contributed by atoms with Gasteiger partial charge in [0.05, 0.1) is 6.04 Å². The zero-order valence-electron chi connectivity index (χ0n) is 14.3. The van der Waals surface area contributed by atoms with Crippen molar-refractivity contribution in [2.75, 3.05) is 4.90 Å². The second-order valence-electron chi connectivity index (χ2n) is 6.56. The van der Waals surface area contributed by atoms with Gasteiger partial charge in [0, 0.05) is 11.6 Å². The van der Waals surface area contributed by atoms with Gasteiger partial charge < -0.3 is 0 Å². The topological polar surface area (TPSA) is 51.0 Å². The molecule has 0 spiro atoms. The van der Waals surface area contributed by atoms with Gasteiger partial charge >= 0.3 is 0 Å². The van der Waals surface area contributed by atoms with E-state index in [1.165, 1.54) is 11.9 Å². The SMILES string of the molecule is Cc1ccc(C(=O)N2c3ncnn3[C@H](c3ccccc3)C[C@@H]2C)cc1. The van der Waals surface area contributed by atoms with E-state index in [1.54, 1.807) is 4.90 Å². The van der Waals surface area contributed by atoms with Crippen molar-refractivity contribution >= 4 is 11.9 Å². The summed E-state index contributed by atoms with van der Waals surface area (Å²) in [5.41, 5.74) is 2.99. The highest BCUT2D eigenvalue weighted by Gasteiger charge is 2.36. The molecule has 5 nitrogen and oxygen atoms in total. The second kappa shape index (κ2) is 6.16. The van der Waals surface area contributed by atoms with Crippen LogP contribution in [0.15, 0.2) is 60.9 Å². The monoisotopic (exact) mass is 332 g/mol. The van der Waals surface area contributed by atoms with Gasteiger partial charge in [0.2, 0.25) is 5.95 Å². The molecule has 4 rings (SSSR count). The van der Waals surface area contributed by atoms with E-state index >= 15 is 0 Å². The summed E-state index contributed by atoms with van der Waals surface area (Å²) in [6.07, 6.45) is 2.33. The molecule has 126 valence electrons. The Bertz CT molecular complexity index is 886. The van der Waals surface area contributed by atoms with Crippen LogP contribution in [-0.4, -0.2) is 26.7 Å². The minimum Gasteiger partial charge on any atom is -0.274 e. The van der Waals surface area contributed by atoms with Crippen molar-refractivity contribution < 1.29 is 4.79 Å². The van der Waals surface area contributed by atoms with Crippen LogP contribution in [0.25, 0.3) is 0 Å². The number of aromatic nitrogens is 3. The number of carbonyl (C=O) groups excluding carboxylic acids is 1. The summed E-state index contributed by atoms with van der Waals surface area (Å²) in [5, 5.41) is 4.40. The van der Waals surface area contributed by atoms with Crippen molar-refractivity contribution in [3.63, 3.8) is 0 Å². The van der Waals surface area contributed by atoms with Gasteiger partial charge in [-0.3, -0.25) is 9.69 Å². The fourth-order valence-electron chi connectivity index (χ4n) is 3.44. The molecule has 1 amide bonds. The number of fused-ring (bicyclic) bond motifs is 1. The first-order valence-corrected chi connectivity index (χ1v) is 8.50. The first kappa shape index (κ1) is 15.6. The van der Waals surface area contributed by atoms with E-state index in [9.17, 15) is 4.79 Å². The van der Waals surface area contributed by atoms with Crippen LogP contribution in [0.2, 0.25) is 0 Å². The molecule has 25 heavy (non-hydrogen) atoms. The molecular formula is C20H20N4O. The van der Waals surface area contributed by atoms with Crippen LogP contribution in [0.3, 0.4) is 0 Å². The Morgan fingerprint density at radius 1 is 1.08 bits per heavy atom. The van der Waals surface area contributed by atoms with E-state index in [0.29, 0.717) is 11.5 Å². The summed E-state index contributed by atoms with van der Waals surface area (Å²) >= 11 is 0. The summed E-state index contributed by atoms with van der Waals surface area (Å²) in [7, 11) is 0. The number of anilines is 1. The normalized spacial score (nSPS) is 19.5. The largest absolute Gasteiger partial charge is 0.274 e. The lowest BCUT2D eigenvalue weighted by Crippen LogP contribution is -2.46. The van der Waals surface area contributed by atoms with Crippen molar-refractivity contribution in [2.45, 2.75) is 32.4 Å². The molecule has 3 aromatic rings. The van der Waals surface area contributed by atoms with Gasteiger partial charge in [-0.2, -0.15) is 10.1 Å². The van der Waals surface area contributed by atoms with Crippen LogP contribution in [0.5, 0.6) is 0 Å². The van der Waals surface area contributed by atoms with Crippen LogP contribution < -0.4 is 4.90 Å². The average molecular weight is 332 g/mol. The van der Waals surface area contributed by atoms with Crippen LogP contribution in [0, 0.1) is 6.92 Å². The molecule has 2 atom stereocenters. The van der Waals surface area contributed by atoms with Gasteiger partial charge in [-0.15, -0.1) is 0 Å². The van der Waals surface area contributed by atoms with Crippen molar-refractivity contribution in [1.82, 2.24) is 14.8 Å². The third-order valence-electron chi connectivity index (χ3n) is 4.77. The highest BCUT2D eigenvalue weighted by atomic mass is 16.2. The highest BCUT2D eigenvalue weighted by Crippen LogP contribution is 2.35. The summed E-state index contributed by atoms with van der Waals surface area (Å²) < 4.78 is 1.86. The summed E-state index contributed by atoms with van der Waals surface area (Å²) in [6, 6.07) is 18.0. The maximum Gasteiger partial charge on any atom is 0.260 e. The first-order chi connectivity index (χ1) is 12.1. The van der Waals surface area contributed by atoms with E-state index in [1.807, 2.05) is 54.1 Å². The number of hydrogen-bond acceptors (Lipinski definition) is 3. The summed E-state index contributed by atoms with van der Waals surface area (Å²) in [6.45, 7) is 4.08. The molecule has 1 aliphatic rings. The smallest absolute Gasteiger partial charge is 0.260 e. The Hall–Kier alpha value is -2.95. The number of amides is 1. The number of hydrogen-bond donors (Lipinski definition) is 0. The lowest BCUT2D eigenvalue weighted by atomic mass is 9.97. The molecule has 0 fully saturated rings. The van der Waals surface area contributed by atoms with Gasteiger partial charge in [-0.25, -0.2) is 4.68 Å². The minimum atomic E-state index is -0.0340.